The Hall–Kier alpha value is -2.17. The van der Waals surface area contributed by atoms with E-state index in [2.05, 4.69) is 61.6 Å². The molecule has 4 heteroatoms. The van der Waals surface area contributed by atoms with Crippen LogP contribution in [0.5, 0.6) is 0 Å². The average molecular weight is 397 g/mol. The van der Waals surface area contributed by atoms with Crippen LogP contribution in [0.1, 0.15) is 64.9 Å². The second-order valence-electron chi connectivity index (χ2n) is 8.65. The molecule has 29 heavy (non-hydrogen) atoms. The van der Waals surface area contributed by atoms with E-state index in [1.54, 1.807) is 0 Å². The summed E-state index contributed by atoms with van der Waals surface area (Å²) in [4.78, 5) is 22.8. The highest BCUT2D eigenvalue weighted by atomic mass is 17.2. The lowest BCUT2D eigenvalue weighted by atomic mass is 9.81. The van der Waals surface area contributed by atoms with Crippen LogP contribution in [0.15, 0.2) is 60.2 Å². The Morgan fingerprint density at radius 3 is 2.72 bits per heavy atom. The van der Waals surface area contributed by atoms with E-state index in [-0.39, 0.29) is 18.5 Å². The van der Waals surface area contributed by atoms with Gasteiger partial charge in [0.2, 0.25) is 0 Å². The van der Waals surface area contributed by atoms with Crippen LogP contribution in [-0.2, 0) is 19.3 Å². The molecular formula is C25H32O4. The standard InChI is InChI=1S/C25H32O4/c1-20(13-9-6-4-5-7-10-14-21-15-11-8-12-16-21)18-24(2)19-25(3)22(28-29-24)17-23(26)27-25/h6,8-16,22H,4-5,7,17-19H2,1-3H3/t22-,24+,25-/m0/s1. The van der Waals surface area contributed by atoms with Gasteiger partial charge in [-0.3, -0.25) is 4.79 Å². The van der Waals surface area contributed by atoms with Crippen molar-refractivity contribution in [1.29, 1.82) is 0 Å². The molecule has 0 aromatic heterocycles. The highest BCUT2D eigenvalue weighted by molar-refractivity contribution is 5.73. The van der Waals surface area contributed by atoms with Gasteiger partial charge in [0.1, 0.15) is 17.3 Å². The summed E-state index contributed by atoms with van der Waals surface area (Å²) in [7, 11) is 0. The van der Waals surface area contributed by atoms with Crippen molar-refractivity contribution in [2.24, 2.45) is 0 Å². The van der Waals surface area contributed by atoms with Gasteiger partial charge in [-0.15, -0.1) is 0 Å². The Kier molecular flexibility index (Phi) is 7.09. The van der Waals surface area contributed by atoms with Crippen LogP contribution in [0.2, 0.25) is 0 Å². The van der Waals surface area contributed by atoms with Crippen molar-refractivity contribution >= 4 is 12.0 Å². The summed E-state index contributed by atoms with van der Waals surface area (Å²) < 4.78 is 5.52. The van der Waals surface area contributed by atoms with Gasteiger partial charge in [0.15, 0.2) is 0 Å². The fraction of sp³-hybridized carbons (Fsp3) is 0.480. The van der Waals surface area contributed by atoms with Gasteiger partial charge in [0.25, 0.3) is 0 Å². The third-order valence-electron chi connectivity index (χ3n) is 5.49. The van der Waals surface area contributed by atoms with E-state index >= 15 is 0 Å². The molecule has 2 aliphatic heterocycles. The molecule has 1 aromatic carbocycles. The molecular weight excluding hydrogens is 364 g/mol. The summed E-state index contributed by atoms with van der Waals surface area (Å²) in [5.41, 5.74) is 1.37. The van der Waals surface area contributed by atoms with Gasteiger partial charge in [0.05, 0.1) is 6.42 Å². The SMILES string of the molecule is CC(=CC=CCCCC=Cc1ccccc1)C[C@]1(C)C[C@]2(C)OC(=O)C[C@@H]2OO1. The van der Waals surface area contributed by atoms with E-state index in [1.807, 2.05) is 19.9 Å². The molecule has 4 nitrogen and oxygen atoms in total. The van der Waals surface area contributed by atoms with E-state index in [9.17, 15) is 4.79 Å². The third-order valence-corrected chi connectivity index (χ3v) is 5.49. The molecule has 0 aliphatic carbocycles. The molecule has 3 atom stereocenters. The van der Waals surface area contributed by atoms with Crippen molar-refractivity contribution in [2.75, 3.05) is 0 Å². The topological polar surface area (TPSA) is 44.8 Å². The maximum Gasteiger partial charge on any atom is 0.309 e. The molecule has 0 bridgehead atoms. The van der Waals surface area contributed by atoms with Crippen molar-refractivity contribution in [3.8, 4) is 0 Å². The highest BCUT2D eigenvalue weighted by Gasteiger charge is 2.55. The molecule has 2 fully saturated rings. The van der Waals surface area contributed by atoms with Crippen molar-refractivity contribution in [3.63, 3.8) is 0 Å². The number of fused-ring (bicyclic) bond motifs is 1. The smallest absolute Gasteiger partial charge is 0.309 e. The minimum Gasteiger partial charge on any atom is -0.456 e. The lowest BCUT2D eigenvalue weighted by Crippen LogP contribution is -2.52. The van der Waals surface area contributed by atoms with Gasteiger partial charge < -0.3 is 4.74 Å². The number of carbonyl (C=O) groups excluding carboxylic acids is 1. The van der Waals surface area contributed by atoms with E-state index in [0.29, 0.717) is 6.42 Å². The first-order valence-corrected chi connectivity index (χ1v) is 10.5. The molecule has 3 rings (SSSR count). The first kappa shape index (κ1) is 21.5. The molecule has 1 aromatic rings. The van der Waals surface area contributed by atoms with E-state index < -0.39 is 11.2 Å². The lowest BCUT2D eigenvalue weighted by Gasteiger charge is -2.43. The molecule has 156 valence electrons. The third kappa shape index (κ3) is 6.15. The zero-order chi connectivity index (χ0) is 20.7. The Morgan fingerprint density at radius 1 is 1.17 bits per heavy atom. The fourth-order valence-electron chi connectivity index (χ4n) is 4.17. The van der Waals surface area contributed by atoms with Crippen molar-refractivity contribution in [3.05, 3.63) is 65.8 Å². The van der Waals surface area contributed by atoms with Gasteiger partial charge in [-0.25, -0.2) is 9.78 Å². The van der Waals surface area contributed by atoms with Crippen LogP contribution in [0.4, 0.5) is 0 Å². The zero-order valence-corrected chi connectivity index (χ0v) is 17.7. The number of allylic oxidation sites excluding steroid dienone is 4. The van der Waals surface area contributed by atoms with Crippen molar-refractivity contribution in [2.45, 2.75) is 76.6 Å². The Bertz CT molecular complexity index is 779. The predicted molar refractivity (Wildman–Crippen MR) is 115 cm³/mol. The van der Waals surface area contributed by atoms with E-state index in [0.717, 1.165) is 25.7 Å². The van der Waals surface area contributed by atoms with Gasteiger partial charge in [0, 0.05) is 12.8 Å². The highest BCUT2D eigenvalue weighted by Crippen LogP contribution is 2.44. The average Bonchev–Trinajstić information content (AvgIpc) is 2.96. The summed E-state index contributed by atoms with van der Waals surface area (Å²) in [6.45, 7) is 6.05. The number of benzene rings is 1. The summed E-state index contributed by atoms with van der Waals surface area (Å²) in [6.07, 6.45) is 15.4. The van der Waals surface area contributed by atoms with Crippen LogP contribution >= 0.6 is 0 Å². The van der Waals surface area contributed by atoms with E-state index in [1.165, 1.54) is 11.1 Å². The lowest BCUT2D eigenvalue weighted by molar-refractivity contribution is -0.426. The number of rotatable bonds is 8. The summed E-state index contributed by atoms with van der Waals surface area (Å²) in [5.74, 6) is -0.209. The molecule has 2 heterocycles. The molecule has 0 amide bonds. The first-order valence-electron chi connectivity index (χ1n) is 10.5. The Morgan fingerprint density at radius 2 is 1.93 bits per heavy atom. The minimum absolute atomic E-state index is 0.209. The summed E-state index contributed by atoms with van der Waals surface area (Å²) in [5, 5.41) is 0. The van der Waals surface area contributed by atoms with Gasteiger partial charge in [-0.2, -0.15) is 0 Å². The minimum atomic E-state index is -0.590. The Labute approximate surface area is 174 Å². The number of carbonyl (C=O) groups is 1. The summed E-state index contributed by atoms with van der Waals surface area (Å²) in [6, 6.07) is 10.4. The van der Waals surface area contributed by atoms with Crippen molar-refractivity contribution in [1.82, 2.24) is 0 Å². The molecule has 2 saturated heterocycles. The normalized spacial score (nSPS) is 30.1. The van der Waals surface area contributed by atoms with Gasteiger partial charge >= 0.3 is 5.97 Å². The van der Waals surface area contributed by atoms with Crippen LogP contribution in [0, 0.1) is 0 Å². The van der Waals surface area contributed by atoms with Crippen molar-refractivity contribution < 1.29 is 19.3 Å². The number of hydrogen-bond donors (Lipinski definition) is 0. The fourth-order valence-corrected chi connectivity index (χ4v) is 4.17. The van der Waals surface area contributed by atoms with Gasteiger partial charge in [-0.05, 0) is 45.6 Å². The molecule has 0 saturated carbocycles. The van der Waals surface area contributed by atoms with Gasteiger partial charge in [-0.1, -0.05) is 66.3 Å². The summed E-state index contributed by atoms with van der Waals surface area (Å²) >= 11 is 0. The van der Waals surface area contributed by atoms with Crippen LogP contribution in [0.3, 0.4) is 0 Å². The van der Waals surface area contributed by atoms with Crippen LogP contribution in [0.25, 0.3) is 6.08 Å². The number of hydrogen-bond acceptors (Lipinski definition) is 4. The Balaban J connectivity index is 1.39. The number of ether oxygens (including phenoxy) is 1. The molecule has 0 unspecified atom stereocenters. The first-order chi connectivity index (χ1) is 13.9. The maximum absolute atomic E-state index is 11.6. The number of esters is 1. The largest absolute Gasteiger partial charge is 0.456 e. The second-order valence-corrected chi connectivity index (χ2v) is 8.65. The quantitative estimate of drug-likeness (QED) is 0.236. The van der Waals surface area contributed by atoms with E-state index in [4.69, 9.17) is 14.5 Å². The molecule has 0 N–H and O–H groups in total. The maximum atomic E-state index is 11.6. The molecule has 2 aliphatic rings. The molecule has 0 spiro atoms. The monoisotopic (exact) mass is 396 g/mol. The zero-order valence-electron chi connectivity index (χ0n) is 17.7. The second kappa shape index (κ2) is 9.55. The molecule has 0 radical (unpaired) electrons. The number of unbranched alkanes of at least 4 members (excludes halogenated alkanes) is 2. The van der Waals surface area contributed by atoms with Crippen LogP contribution in [-0.4, -0.2) is 23.3 Å². The van der Waals surface area contributed by atoms with Crippen LogP contribution < -0.4 is 0 Å². The predicted octanol–water partition coefficient (Wildman–Crippen LogP) is 5.95.